The van der Waals surface area contributed by atoms with Crippen molar-refractivity contribution in [2.24, 2.45) is 0 Å². The number of carbonyl (C=O) groups is 1. The van der Waals surface area contributed by atoms with Crippen molar-refractivity contribution in [3.05, 3.63) is 0 Å². The van der Waals surface area contributed by atoms with E-state index in [1.165, 1.54) is 6.42 Å². The summed E-state index contributed by atoms with van der Waals surface area (Å²) in [6, 6.07) is 1.13. The predicted octanol–water partition coefficient (Wildman–Crippen LogP) is 0.979. The first-order valence-corrected chi connectivity index (χ1v) is 6.06. The molecule has 2 unspecified atom stereocenters. The average Bonchev–Trinajstić information content (AvgIpc) is 2.16. The molecule has 0 radical (unpaired) electrons. The number of piperidine rings is 1. The minimum atomic E-state index is 0.0141. The summed E-state index contributed by atoms with van der Waals surface area (Å²) in [4.78, 5) is 11.6. The van der Waals surface area contributed by atoms with Crippen LogP contribution in [0.25, 0.3) is 0 Å². The van der Waals surface area contributed by atoms with Crippen molar-refractivity contribution in [2.45, 2.75) is 57.2 Å². The quantitative estimate of drug-likeness (QED) is 0.637. The first-order valence-electron chi connectivity index (χ1n) is 6.06. The zero-order valence-corrected chi connectivity index (χ0v) is 9.38. The van der Waals surface area contributed by atoms with Crippen LogP contribution in [0.4, 0.5) is 4.79 Å². The zero-order valence-electron chi connectivity index (χ0n) is 9.38. The van der Waals surface area contributed by atoms with Crippen LogP contribution in [0.5, 0.6) is 0 Å². The van der Waals surface area contributed by atoms with Gasteiger partial charge in [-0.2, -0.15) is 0 Å². The maximum absolute atomic E-state index is 11.6. The van der Waals surface area contributed by atoms with Crippen LogP contribution in [0.3, 0.4) is 0 Å². The lowest BCUT2D eigenvalue weighted by atomic mass is 9.93. The predicted molar refractivity (Wildman–Crippen MR) is 59.8 cm³/mol. The Balaban J connectivity index is 1.71. The maximum Gasteiger partial charge on any atom is 0.315 e. The molecule has 0 aromatic heterocycles. The van der Waals surface area contributed by atoms with E-state index < -0.39 is 0 Å². The van der Waals surface area contributed by atoms with Gasteiger partial charge in [-0.05, 0) is 45.6 Å². The second kappa shape index (κ2) is 4.84. The molecular weight excluding hydrogens is 190 g/mol. The highest BCUT2D eigenvalue weighted by Crippen LogP contribution is 2.17. The maximum atomic E-state index is 11.6. The molecule has 2 atom stereocenters. The number of rotatable bonds is 2. The molecule has 3 N–H and O–H groups in total. The summed E-state index contributed by atoms with van der Waals surface area (Å²) < 4.78 is 0. The van der Waals surface area contributed by atoms with E-state index >= 15 is 0 Å². The van der Waals surface area contributed by atoms with Crippen molar-refractivity contribution in [3.63, 3.8) is 0 Å². The molecule has 2 aliphatic rings. The standard InChI is InChI=1S/C11H21N3O/c1-8-10(6-3-7-12-8)14-11(15)13-9-4-2-5-9/h8-10,12H,2-7H2,1H3,(H2,13,14,15). The van der Waals surface area contributed by atoms with Gasteiger partial charge in [-0.25, -0.2) is 4.79 Å². The Morgan fingerprint density at radius 1 is 1.20 bits per heavy atom. The molecule has 4 heteroatoms. The fourth-order valence-electron chi connectivity index (χ4n) is 2.19. The number of nitrogens with one attached hydrogen (secondary N) is 3. The molecule has 1 heterocycles. The molecule has 2 amide bonds. The molecule has 0 spiro atoms. The van der Waals surface area contributed by atoms with Crippen LogP contribution < -0.4 is 16.0 Å². The van der Waals surface area contributed by atoms with Crippen molar-refractivity contribution in [3.8, 4) is 0 Å². The second-order valence-corrected chi connectivity index (χ2v) is 4.74. The minimum absolute atomic E-state index is 0.0141. The molecule has 86 valence electrons. The van der Waals surface area contributed by atoms with Gasteiger partial charge in [0.2, 0.25) is 0 Å². The van der Waals surface area contributed by atoms with E-state index in [0.717, 1.165) is 32.2 Å². The van der Waals surface area contributed by atoms with Crippen LogP contribution in [0, 0.1) is 0 Å². The van der Waals surface area contributed by atoms with Crippen LogP contribution in [-0.4, -0.2) is 30.7 Å². The highest BCUT2D eigenvalue weighted by Gasteiger charge is 2.24. The molecule has 15 heavy (non-hydrogen) atoms. The normalized spacial score (nSPS) is 31.8. The third-order valence-electron chi connectivity index (χ3n) is 3.52. The highest BCUT2D eigenvalue weighted by molar-refractivity contribution is 5.74. The van der Waals surface area contributed by atoms with Crippen LogP contribution in [0.15, 0.2) is 0 Å². The van der Waals surface area contributed by atoms with Crippen LogP contribution in [0.1, 0.15) is 39.0 Å². The number of amides is 2. The largest absolute Gasteiger partial charge is 0.335 e. The van der Waals surface area contributed by atoms with Gasteiger partial charge in [0.05, 0.1) is 0 Å². The average molecular weight is 211 g/mol. The number of urea groups is 1. The molecule has 2 fully saturated rings. The Morgan fingerprint density at radius 3 is 2.60 bits per heavy atom. The van der Waals surface area contributed by atoms with Gasteiger partial charge >= 0.3 is 6.03 Å². The fourth-order valence-corrected chi connectivity index (χ4v) is 2.19. The van der Waals surface area contributed by atoms with Gasteiger partial charge in [-0.15, -0.1) is 0 Å². The van der Waals surface area contributed by atoms with E-state index in [9.17, 15) is 4.79 Å². The Labute approximate surface area is 91.2 Å². The van der Waals surface area contributed by atoms with Gasteiger partial charge in [0.15, 0.2) is 0 Å². The van der Waals surface area contributed by atoms with E-state index in [0.29, 0.717) is 18.1 Å². The SMILES string of the molecule is CC1NCCCC1NC(=O)NC1CCC1. The molecular formula is C11H21N3O. The van der Waals surface area contributed by atoms with Crippen LogP contribution in [-0.2, 0) is 0 Å². The number of hydrogen-bond acceptors (Lipinski definition) is 2. The molecule has 1 aliphatic carbocycles. The molecule has 2 rings (SSSR count). The van der Waals surface area contributed by atoms with E-state index in [-0.39, 0.29) is 6.03 Å². The number of carbonyl (C=O) groups excluding carboxylic acids is 1. The smallest absolute Gasteiger partial charge is 0.315 e. The Bertz CT molecular complexity index is 228. The zero-order chi connectivity index (χ0) is 10.7. The lowest BCUT2D eigenvalue weighted by molar-refractivity contribution is 0.216. The van der Waals surface area contributed by atoms with E-state index in [4.69, 9.17) is 0 Å². The second-order valence-electron chi connectivity index (χ2n) is 4.74. The summed E-state index contributed by atoms with van der Waals surface area (Å²) in [5, 5.41) is 9.44. The van der Waals surface area contributed by atoms with Gasteiger partial charge in [0, 0.05) is 18.1 Å². The summed E-state index contributed by atoms with van der Waals surface area (Å²) in [5.41, 5.74) is 0. The molecule has 0 aromatic rings. The monoisotopic (exact) mass is 211 g/mol. The first kappa shape index (κ1) is 10.7. The third kappa shape index (κ3) is 2.84. The molecule has 0 bridgehead atoms. The van der Waals surface area contributed by atoms with E-state index in [1.54, 1.807) is 0 Å². The Hall–Kier alpha value is -0.770. The van der Waals surface area contributed by atoms with E-state index in [2.05, 4.69) is 22.9 Å². The minimum Gasteiger partial charge on any atom is -0.335 e. The first-order chi connectivity index (χ1) is 7.25. The summed E-state index contributed by atoms with van der Waals surface area (Å²) in [5.74, 6) is 0. The van der Waals surface area contributed by atoms with Crippen molar-refractivity contribution in [1.29, 1.82) is 0 Å². The van der Waals surface area contributed by atoms with Crippen molar-refractivity contribution >= 4 is 6.03 Å². The van der Waals surface area contributed by atoms with Gasteiger partial charge in [-0.3, -0.25) is 0 Å². The van der Waals surface area contributed by atoms with Crippen LogP contribution in [0.2, 0.25) is 0 Å². The van der Waals surface area contributed by atoms with Crippen molar-refractivity contribution < 1.29 is 4.79 Å². The Kier molecular flexibility index (Phi) is 3.46. The topological polar surface area (TPSA) is 53.2 Å². The van der Waals surface area contributed by atoms with Gasteiger partial charge in [0.1, 0.15) is 0 Å². The summed E-state index contributed by atoms with van der Waals surface area (Å²) in [6.45, 7) is 3.21. The van der Waals surface area contributed by atoms with Crippen molar-refractivity contribution in [1.82, 2.24) is 16.0 Å². The Morgan fingerprint density at radius 2 is 2.00 bits per heavy atom. The van der Waals surface area contributed by atoms with Crippen LogP contribution >= 0.6 is 0 Å². The summed E-state index contributed by atoms with van der Waals surface area (Å²) in [6.07, 6.45) is 5.79. The third-order valence-corrected chi connectivity index (χ3v) is 3.52. The lowest BCUT2D eigenvalue weighted by Gasteiger charge is -2.32. The lowest BCUT2D eigenvalue weighted by Crippen LogP contribution is -2.56. The summed E-state index contributed by atoms with van der Waals surface area (Å²) >= 11 is 0. The molecule has 1 aliphatic heterocycles. The highest BCUT2D eigenvalue weighted by atomic mass is 16.2. The van der Waals surface area contributed by atoms with Gasteiger partial charge < -0.3 is 16.0 Å². The molecule has 1 saturated heterocycles. The van der Waals surface area contributed by atoms with Gasteiger partial charge in [0.25, 0.3) is 0 Å². The van der Waals surface area contributed by atoms with Crippen molar-refractivity contribution in [2.75, 3.05) is 6.54 Å². The molecule has 0 aromatic carbocycles. The molecule has 1 saturated carbocycles. The summed E-state index contributed by atoms with van der Waals surface area (Å²) in [7, 11) is 0. The molecule has 4 nitrogen and oxygen atoms in total. The van der Waals surface area contributed by atoms with E-state index in [1.807, 2.05) is 0 Å². The fraction of sp³-hybridized carbons (Fsp3) is 0.909. The number of hydrogen-bond donors (Lipinski definition) is 3. The van der Waals surface area contributed by atoms with Gasteiger partial charge in [-0.1, -0.05) is 0 Å².